The van der Waals surface area contributed by atoms with Crippen molar-refractivity contribution >= 4 is 29.8 Å². The maximum absolute atomic E-state index is 12.0. The number of carboxylic acids is 1. The first kappa shape index (κ1) is 23.1. The number of aliphatic carboxylic acids is 1. The number of carbonyl (C=O) groups is 5. The van der Waals surface area contributed by atoms with Gasteiger partial charge in [-0.3, -0.25) is 19.2 Å². The zero-order chi connectivity index (χ0) is 20.5. The number of carbonyl (C=O) groups excluding carboxylic acids is 4. The van der Waals surface area contributed by atoms with Crippen molar-refractivity contribution in [3.63, 3.8) is 0 Å². The summed E-state index contributed by atoms with van der Waals surface area (Å²) in [6.45, 7) is 6.43. The van der Waals surface area contributed by atoms with Gasteiger partial charge in [0.2, 0.25) is 17.7 Å². The van der Waals surface area contributed by atoms with Crippen molar-refractivity contribution in [3.05, 3.63) is 0 Å². The quantitative estimate of drug-likeness (QED) is 0.353. The minimum absolute atomic E-state index is 0.398. The second kappa shape index (κ2) is 9.59. The number of carboxylic acid groups (broad SMARTS) is 1. The van der Waals surface area contributed by atoms with E-state index in [2.05, 4.69) is 21.3 Å². The van der Waals surface area contributed by atoms with Crippen molar-refractivity contribution in [2.75, 3.05) is 19.6 Å². The molecule has 0 aliphatic rings. The standard InChI is InChI=1S/C15H26N4O7/c1-14(2,3)26-13(25)18-7-10(21)19-15(4,5)12(24)17-6-9(20)16-8-11(22)23/h6-8H2,1-5H3,(H,16,20)(H,17,24)(H,18,25)(H,19,21)(H,22,23). The van der Waals surface area contributed by atoms with E-state index >= 15 is 0 Å². The van der Waals surface area contributed by atoms with Crippen molar-refractivity contribution in [2.24, 2.45) is 0 Å². The molecule has 0 spiro atoms. The lowest BCUT2D eigenvalue weighted by Crippen LogP contribution is -2.57. The Bertz CT molecular complexity index is 567. The van der Waals surface area contributed by atoms with Crippen molar-refractivity contribution in [1.29, 1.82) is 0 Å². The molecule has 0 aromatic rings. The summed E-state index contributed by atoms with van der Waals surface area (Å²) in [5.41, 5.74) is -2.07. The Kier molecular flexibility index (Phi) is 8.54. The van der Waals surface area contributed by atoms with Gasteiger partial charge in [-0.25, -0.2) is 4.79 Å². The predicted molar refractivity (Wildman–Crippen MR) is 90.1 cm³/mol. The lowest BCUT2D eigenvalue weighted by Gasteiger charge is -2.25. The zero-order valence-corrected chi connectivity index (χ0v) is 15.5. The molecule has 11 nitrogen and oxygen atoms in total. The molecule has 0 aliphatic heterocycles. The number of alkyl carbamates (subject to hydrolysis) is 1. The van der Waals surface area contributed by atoms with Gasteiger partial charge in [-0.05, 0) is 34.6 Å². The second-order valence-corrected chi connectivity index (χ2v) is 6.88. The molecule has 0 fully saturated rings. The van der Waals surface area contributed by atoms with E-state index in [1.165, 1.54) is 13.8 Å². The molecule has 5 N–H and O–H groups in total. The van der Waals surface area contributed by atoms with Crippen LogP contribution >= 0.6 is 0 Å². The molecular formula is C15H26N4O7. The summed E-state index contributed by atoms with van der Waals surface area (Å²) >= 11 is 0. The fourth-order valence-corrected chi connectivity index (χ4v) is 1.53. The molecule has 0 bridgehead atoms. The van der Waals surface area contributed by atoms with E-state index in [4.69, 9.17) is 9.84 Å². The van der Waals surface area contributed by atoms with E-state index < -0.39 is 60.6 Å². The molecule has 0 unspecified atom stereocenters. The van der Waals surface area contributed by atoms with Gasteiger partial charge in [-0.15, -0.1) is 0 Å². The third-order valence-corrected chi connectivity index (χ3v) is 2.66. The van der Waals surface area contributed by atoms with Gasteiger partial charge in [0.15, 0.2) is 0 Å². The molecule has 0 aliphatic carbocycles. The Hall–Kier alpha value is -2.85. The fourth-order valence-electron chi connectivity index (χ4n) is 1.53. The number of amides is 4. The van der Waals surface area contributed by atoms with Gasteiger partial charge < -0.3 is 31.1 Å². The lowest BCUT2D eigenvalue weighted by atomic mass is 10.0. The van der Waals surface area contributed by atoms with Gasteiger partial charge in [0.25, 0.3) is 0 Å². The molecule has 0 atom stereocenters. The van der Waals surface area contributed by atoms with Crippen LogP contribution in [-0.2, 0) is 23.9 Å². The lowest BCUT2D eigenvalue weighted by molar-refractivity contribution is -0.138. The SMILES string of the molecule is CC(C)(C)OC(=O)NCC(=O)NC(C)(C)C(=O)NCC(=O)NCC(=O)O. The minimum atomic E-state index is -1.36. The molecule has 26 heavy (non-hydrogen) atoms. The maximum atomic E-state index is 12.0. The normalized spacial score (nSPS) is 11.1. The van der Waals surface area contributed by atoms with Gasteiger partial charge in [0.05, 0.1) is 6.54 Å². The first-order valence-corrected chi connectivity index (χ1v) is 7.77. The van der Waals surface area contributed by atoms with Gasteiger partial charge in [-0.1, -0.05) is 0 Å². The summed E-state index contributed by atoms with van der Waals surface area (Å²) < 4.78 is 4.97. The first-order valence-electron chi connectivity index (χ1n) is 7.77. The van der Waals surface area contributed by atoms with Crippen LogP contribution in [0.1, 0.15) is 34.6 Å². The molecule has 0 aromatic heterocycles. The summed E-state index contributed by atoms with van der Waals surface area (Å²) in [6, 6.07) is 0. The van der Waals surface area contributed by atoms with Crippen molar-refractivity contribution in [2.45, 2.75) is 45.8 Å². The molecule has 0 rings (SSSR count). The highest BCUT2D eigenvalue weighted by molar-refractivity contribution is 5.94. The van der Waals surface area contributed by atoms with Crippen LogP contribution < -0.4 is 21.3 Å². The smallest absolute Gasteiger partial charge is 0.408 e. The molecule has 0 saturated heterocycles. The Morgan fingerprint density at radius 2 is 1.35 bits per heavy atom. The molecule has 11 heteroatoms. The molecule has 0 radical (unpaired) electrons. The number of ether oxygens (including phenoxy) is 1. The van der Waals surface area contributed by atoms with Crippen molar-refractivity contribution in [1.82, 2.24) is 21.3 Å². The second-order valence-electron chi connectivity index (χ2n) is 6.88. The summed E-state index contributed by atoms with van der Waals surface area (Å²) in [5, 5.41) is 17.4. The number of hydrogen-bond acceptors (Lipinski definition) is 6. The molecule has 0 heterocycles. The summed E-state index contributed by atoms with van der Waals surface area (Å²) in [4.78, 5) is 57.0. The summed E-state index contributed by atoms with van der Waals surface area (Å²) in [6.07, 6.45) is -0.773. The van der Waals surface area contributed by atoms with Crippen LogP contribution in [0.4, 0.5) is 4.79 Å². The van der Waals surface area contributed by atoms with Crippen LogP contribution in [0.15, 0.2) is 0 Å². The van der Waals surface area contributed by atoms with Crippen molar-refractivity contribution < 1.29 is 33.8 Å². The Morgan fingerprint density at radius 1 is 0.808 bits per heavy atom. The van der Waals surface area contributed by atoms with Crippen molar-refractivity contribution in [3.8, 4) is 0 Å². The molecule has 148 valence electrons. The first-order chi connectivity index (χ1) is 11.7. The van der Waals surface area contributed by atoms with Crippen LogP contribution in [0.3, 0.4) is 0 Å². The number of hydrogen-bond donors (Lipinski definition) is 5. The van der Waals surface area contributed by atoms with E-state index in [9.17, 15) is 24.0 Å². The van der Waals surface area contributed by atoms with Gasteiger partial charge in [-0.2, -0.15) is 0 Å². The highest BCUT2D eigenvalue weighted by Crippen LogP contribution is 2.06. The third kappa shape index (κ3) is 10.8. The largest absolute Gasteiger partial charge is 0.480 e. The van der Waals surface area contributed by atoms with Gasteiger partial charge >= 0.3 is 12.1 Å². The molecular weight excluding hydrogens is 348 g/mol. The van der Waals surface area contributed by atoms with Crippen LogP contribution in [-0.4, -0.2) is 65.7 Å². The molecule has 4 amide bonds. The number of rotatable bonds is 8. The molecule has 0 aromatic carbocycles. The Morgan fingerprint density at radius 3 is 1.85 bits per heavy atom. The van der Waals surface area contributed by atoms with E-state index in [1.807, 2.05) is 0 Å². The summed E-state index contributed by atoms with van der Waals surface area (Å²) in [5.74, 6) is -3.19. The number of nitrogens with one attached hydrogen (secondary N) is 4. The maximum Gasteiger partial charge on any atom is 0.408 e. The summed E-state index contributed by atoms with van der Waals surface area (Å²) in [7, 11) is 0. The van der Waals surface area contributed by atoms with E-state index in [-0.39, 0.29) is 0 Å². The van der Waals surface area contributed by atoms with E-state index in [1.54, 1.807) is 20.8 Å². The Balaban J connectivity index is 4.34. The molecule has 0 saturated carbocycles. The van der Waals surface area contributed by atoms with Crippen LogP contribution in [0.25, 0.3) is 0 Å². The highest BCUT2D eigenvalue weighted by Gasteiger charge is 2.29. The average Bonchev–Trinajstić information content (AvgIpc) is 2.46. The van der Waals surface area contributed by atoms with Crippen LogP contribution in [0.5, 0.6) is 0 Å². The van der Waals surface area contributed by atoms with Crippen LogP contribution in [0, 0.1) is 0 Å². The minimum Gasteiger partial charge on any atom is -0.480 e. The van der Waals surface area contributed by atoms with Gasteiger partial charge in [0.1, 0.15) is 24.2 Å². The fraction of sp³-hybridized carbons (Fsp3) is 0.667. The monoisotopic (exact) mass is 374 g/mol. The Labute approximate surface area is 151 Å². The highest BCUT2D eigenvalue weighted by atomic mass is 16.6. The van der Waals surface area contributed by atoms with E-state index in [0.717, 1.165) is 0 Å². The van der Waals surface area contributed by atoms with Gasteiger partial charge in [0, 0.05) is 0 Å². The van der Waals surface area contributed by atoms with E-state index in [0.29, 0.717) is 0 Å². The average molecular weight is 374 g/mol. The topological polar surface area (TPSA) is 163 Å². The predicted octanol–water partition coefficient (Wildman–Crippen LogP) is -1.28. The van der Waals surface area contributed by atoms with Crippen LogP contribution in [0.2, 0.25) is 0 Å². The third-order valence-electron chi connectivity index (χ3n) is 2.66. The zero-order valence-electron chi connectivity index (χ0n) is 15.5.